The van der Waals surface area contributed by atoms with Gasteiger partial charge < -0.3 is 9.64 Å². The van der Waals surface area contributed by atoms with E-state index in [9.17, 15) is 0 Å². The molecular weight excluding hydrogens is 282 g/mol. The Hall–Kier alpha value is -1.77. The van der Waals surface area contributed by atoms with Gasteiger partial charge in [-0.1, -0.05) is 35.9 Å². The van der Waals surface area contributed by atoms with Gasteiger partial charge in [0.05, 0.1) is 0 Å². The van der Waals surface area contributed by atoms with E-state index in [4.69, 9.17) is 16.3 Å². The molecule has 0 heterocycles. The average Bonchev–Trinajstić information content (AvgIpc) is 2.47. The van der Waals surface area contributed by atoms with Crippen molar-refractivity contribution in [2.45, 2.75) is 6.42 Å². The molecule has 0 N–H and O–H groups in total. The molecule has 0 atom stereocenters. The highest BCUT2D eigenvalue weighted by Crippen LogP contribution is 2.23. The van der Waals surface area contributed by atoms with E-state index in [2.05, 4.69) is 43.3 Å². The SMILES string of the molecule is CN(C)CCC=Cc1ccc(Oc2ccc(Cl)cc2)cc1. The Morgan fingerprint density at radius 1 is 0.952 bits per heavy atom. The van der Waals surface area contributed by atoms with Gasteiger partial charge in [-0.2, -0.15) is 0 Å². The average molecular weight is 302 g/mol. The number of halogens is 1. The Labute approximate surface area is 131 Å². The lowest BCUT2D eigenvalue weighted by Crippen LogP contribution is -2.11. The molecule has 0 spiro atoms. The van der Waals surface area contributed by atoms with Crippen LogP contribution < -0.4 is 4.74 Å². The summed E-state index contributed by atoms with van der Waals surface area (Å²) in [5, 5.41) is 0.709. The molecule has 0 aliphatic rings. The van der Waals surface area contributed by atoms with Crippen LogP contribution in [0.2, 0.25) is 5.02 Å². The Morgan fingerprint density at radius 2 is 1.52 bits per heavy atom. The van der Waals surface area contributed by atoms with Gasteiger partial charge in [-0.25, -0.2) is 0 Å². The van der Waals surface area contributed by atoms with Crippen LogP contribution >= 0.6 is 11.6 Å². The van der Waals surface area contributed by atoms with E-state index >= 15 is 0 Å². The lowest BCUT2D eigenvalue weighted by atomic mass is 10.2. The van der Waals surface area contributed by atoms with E-state index in [1.807, 2.05) is 36.4 Å². The minimum absolute atomic E-state index is 0.709. The van der Waals surface area contributed by atoms with Gasteiger partial charge in [-0.15, -0.1) is 0 Å². The third-order valence-electron chi connectivity index (χ3n) is 2.98. The Kier molecular flexibility index (Phi) is 5.85. The molecule has 0 saturated carbocycles. The summed E-state index contributed by atoms with van der Waals surface area (Å²) < 4.78 is 5.76. The van der Waals surface area contributed by atoms with Crippen LogP contribution in [-0.2, 0) is 0 Å². The largest absolute Gasteiger partial charge is 0.457 e. The molecule has 0 fully saturated rings. The quantitative estimate of drug-likeness (QED) is 0.736. The van der Waals surface area contributed by atoms with E-state index in [-0.39, 0.29) is 0 Å². The van der Waals surface area contributed by atoms with Gasteiger partial charge in [0.25, 0.3) is 0 Å². The summed E-state index contributed by atoms with van der Waals surface area (Å²) in [6.45, 7) is 1.06. The second-order valence-corrected chi connectivity index (χ2v) is 5.56. The van der Waals surface area contributed by atoms with Gasteiger partial charge >= 0.3 is 0 Å². The minimum atomic E-state index is 0.709. The fourth-order valence-electron chi connectivity index (χ4n) is 1.84. The molecule has 2 aromatic carbocycles. The normalized spacial score (nSPS) is 11.2. The second-order valence-electron chi connectivity index (χ2n) is 5.12. The molecule has 2 rings (SSSR count). The van der Waals surface area contributed by atoms with Crippen LogP contribution in [0.3, 0.4) is 0 Å². The van der Waals surface area contributed by atoms with Crippen molar-refractivity contribution in [2.75, 3.05) is 20.6 Å². The summed E-state index contributed by atoms with van der Waals surface area (Å²) >= 11 is 5.85. The maximum atomic E-state index is 5.85. The fourth-order valence-corrected chi connectivity index (χ4v) is 1.96. The number of rotatable bonds is 6. The zero-order chi connectivity index (χ0) is 15.1. The van der Waals surface area contributed by atoms with Crippen molar-refractivity contribution in [1.82, 2.24) is 4.90 Å². The summed E-state index contributed by atoms with van der Waals surface area (Å²) in [4.78, 5) is 2.17. The van der Waals surface area contributed by atoms with Crippen molar-refractivity contribution < 1.29 is 4.74 Å². The zero-order valence-corrected chi connectivity index (χ0v) is 13.2. The van der Waals surface area contributed by atoms with Crippen LogP contribution in [0.5, 0.6) is 11.5 Å². The smallest absolute Gasteiger partial charge is 0.127 e. The number of ether oxygens (including phenoxy) is 1. The maximum absolute atomic E-state index is 5.85. The molecule has 2 aromatic rings. The van der Waals surface area contributed by atoms with Crippen molar-refractivity contribution in [1.29, 1.82) is 0 Å². The van der Waals surface area contributed by atoms with Crippen LogP contribution in [0, 0.1) is 0 Å². The second kappa shape index (κ2) is 7.87. The molecule has 3 heteroatoms. The first-order valence-corrected chi connectivity index (χ1v) is 7.36. The fraction of sp³-hybridized carbons (Fsp3) is 0.222. The van der Waals surface area contributed by atoms with Crippen LogP contribution in [0.4, 0.5) is 0 Å². The lowest BCUT2D eigenvalue weighted by Gasteiger charge is -2.06. The lowest BCUT2D eigenvalue weighted by molar-refractivity contribution is 0.417. The predicted molar refractivity (Wildman–Crippen MR) is 90.2 cm³/mol. The first-order chi connectivity index (χ1) is 10.1. The molecule has 0 aromatic heterocycles. The van der Waals surface area contributed by atoms with Crippen molar-refractivity contribution in [3.8, 4) is 11.5 Å². The van der Waals surface area contributed by atoms with Gasteiger partial charge in [-0.3, -0.25) is 0 Å². The number of nitrogens with zero attached hydrogens (tertiary/aromatic N) is 1. The first kappa shape index (κ1) is 15.6. The molecule has 110 valence electrons. The van der Waals surface area contributed by atoms with Gasteiger partial charge in [0.15, 0.2) is 0 Å². The molecule has 2 nitrogen and oxygen atoms in total. The highest BCUT2D eigenvalue weighted by Gasteiger charge is 1.97. The molecule has 0 aliphatic carbocycles. The van der Waals surface area contributed by atoms with Gasteiger partial charge in [0.2, 0.25) is 0 Å². The summed E-state index contributed by atoms with van der Waals surface area (Å²) in [5.74, 6) is 1.61. The minimum Gasteiger partial charge on any atom is -0.457 e. The van der Waals surface area contributed by atoms with Crippen LogP contribution in [-0.4, -0.2) is 25.5 Å². The van der Waals surface area contributed by atoms with Crippen LogP contribution in [0.1, 0.15) is 12.0 Å². The van der Waals surface area contributed by atoms with E-state index in [1.165, 1.54) is 5.56 Å². The molecule has 0 unspecified atom stereocenters. The van der Waals surface area contributed by atoms with Crippen LogP contribution in [0.15, 0.2) is 54.6 Å². The highest BCUT2D eigenvalue weighted by molar-refractivity contribution is 6.30. The van der Waals surface area contributed by atoms with Crippen molar-refractivity contribution in [2.24, 2.45) is 0 Å². The molecule has 0 aliphatic heterocycles. The Balaban J connectivity index is 1.91. The molecule has 0 amide bonds. The van der Waals surface area contributed by atoms with Gasteiger partial charge in [0, 0.05) is 11.6 Å². The molecule has 0 saturated heterocycles. The van der Waals surface area contributed by atoms with Gasteiger partial charge in [0.1, 0.15) is 11.5 Å². The third-order valence-corrected chi connectivity index (χ3v) is 3.23. The number of hydrogen-bond acceptors (Lipinski definition) is 2. The monoisotopic (exact) mass is 301 g/mol. The van der Waals surface area contributed by atoms with E-state index in [0.29, 0.717) is 5.02 Å². The standard InChI is InChI=1S/C18H20ClNO/c1-20(2)14-4-3-5-15-6-10-17(11-7-15)21-18-12-8-16(19)9-13-18/h3,5-13H,4,14H2,1-2H3. The zero-order valence-electron chi connectivity index (χ0n) is 12.4. The first-order valence-electron chi connectivity index (χ1n) is 6.98. The summed E-state index contributed by atoms with van der Waals surface area (Å²) in [5.41, 5.74) is 1.18. The van der Waals surface area contributed by atoms with Crippen LogP contribution in [0.25, 0.3) is 6.08 Å². The van der Waals surface area contributed by atoms with Gasteiger partial charge in [-0.05, 0) is 62.5 Å². The Bertz CT molecular complexity index is 573. The van der Waals surface area contributed by atoms with Crippen molar-refractivity contribution in [3.05, 3.63) is 65.2 Å². The molecule has 0 bridgehead atoms. The van der Waals surface area contributed by atoms with E-state index in [1.54, 1.807) is 0 Å². The Morgan fingerprint density at radius 3 is 2.10 bits per heavy atom. The molecule has 0 radical (unpaired) electrons. The summed E-state index contributed by atoms with van der Waals surface area (Å²) in [6, 6.07) is 15.4. The molecule has 21 heavy (non-hydrogen) atoms. The molecular formula is C18H20ClNO. The maximum Gasteiger partial charge on any atom is 0.127 e. The van der Waals surface area contributed by atoms with E-state index in [0.717, 1.165) is 24.5 Å². The summed E-state index contributed by atoms with van der Waals surface area (Å²) in [6.07, 6.45) is 5.38. The van der Waals surface area contributed by atoms with E-state index < -0.39 is 0 Å². The van der Waals surface area contributed by atoms with Crippen molar-refractivity contribution in [3.63, 3.8) is 0 Å². The topological polar surface area (TPSA) is 12.5 Å². The number of benzene rings is 2. The van der Waals surface area contributed by atoms with Crippen molar-refractivity contribution >= 4 is 17.7 Å². The third kappa shape index (κ3) is 5.62. The highest BCUT2D eigenvalue weighted by atomic mass is 35.5. The number of hydrogen-bond donors (Lipinski definition) is 0. The summed E-state index contributed by atoms with van der Waals surface area (Å²) in [7, 11) is 4.16. The predicted octanol–water partition coefficient (Wildman–Crippen LogP) is 5.10.